The van der Waals surface area contributed by atoms with Crippen LogP contribution in [0.15, 0.2) is 12.2 Å². The summed E-state index contributed by atoms with van der Waals surface area (Å²) in [6.07, 6.45) is 2.25. The Bertz CT molecular complexity index is 267. The first-order valence-electron chi connectivity index (χ1n) is 5.14. The summed E-state index contributed by atoms with van der Waals surface area (Å²) in [4.78, 5) is 22.5. The van der Waals surface area contributed by atoms with E-state index in [0.29, 0.717) is 0 Å². The van der Waals surface area contributed by atoms with Crippen LogP contribution in [0.25, 0.3) is 0 Å². The Hall–Kier alpha value is -0.886. The highest BCUT2D eigenvalue weighted by Gasteiger charge is 2.20. The average molecular weight is 260 g/mol. The van der Waals surface area contributed by atoms with Gasteiger partial charge >= 0.3 is 11.9 Å². The molecule has 6 heteroatoms. The molecule has 0 N–H and O–H groups in total. The molecule has 4 nitrogen and oxygen atoms in total. The van der Waals surface area contributed by atoms with Crippen molar-refractivity contribution in [2.45, 2.75) is 39.3 Å². The Morgan fingerprint density at radius 2 is 1.00 bits per heavy atom. The van der Waals surface area contributed by atoms with Crippen molar-refractivity contribution in [3.05, 3.63) is 12.2 Å². The van der Waals surface area contributed by atoms with E-state index in [1.54, 1.807) is 0 Å². The van der Waals surface area contributed by atoms with E-state index >= 15 is 0 Å². The van der Waals surface area contributed by atoms with E-state index in [4.69, 9.17) is 8.85 Å². The molecule has 0 bridgehead atoms. The molecule has 0 fully saturated rings. The summed E-state index contributed by atoms with van der Waals surface area (Å²) in [5.74, 6) is -0.960. The second-order valence-electron chi connectivity index (χ2n) is 5.40. The maximum Gasteiger partial charge on any atom is 0.317 e. The van der Waals surface area contributed by atoms with Gasteiger partial charge in [-0.1, -0.05) is 0 Å². The molecule has 0 aromatic rings. The molecule has 0 atom stereocenters. The van der Waals surface area contributed by atoms with E-state index in [-0.39, 0.29) is 0 Å². The number of carbonyl (C=O) groups excluding carboxylic acids is 2. The fourth-order valence-corrected chi connectivity index (χ4v) is 2.15. The van der Waals surface area contributed by atoms with Crippen LogP contribution in [0.5, 0.6) is 0 Å². The van der Waals surface area contributed by atoms with Crippen molar-refractivity contribution >= 4 is 28.6 Å². The number of hydrogen-bond donors (Lipinski definition) is 0. The fourth-order valence-electron chi connectivity index (χ4n) is 0.808. The zero-order valence-electron chi connectivity index (χ0n) is 10.8. The molecule has 0 rings (SSSR count). The van der Waals surface area contributed by atoms with Crippen LogP contribution in [0.1, 0.15) is 0 Å². The minimum absolute atomic E-state index is 0.480. The summed E-state index contributed by atoms with van der Waals surface area (Å²) in [6.45, 7) is 11.4. The van der Waals surface area contributed by atoms with E-state index in [1.807, 2.05) is 39.3 Å². The number of carbonyl (C=O) groups is 2. The van der Waals surface area contributed by atoms with Gasteiger partial charge in [-0.25, -0.2) is 9.59 Å². The van der Waals surface area contributed by atoms with Crippen LogP contribution in [-0.4, -0.2) is 28.6 Å². The van der Waals surface area contributed by atoms with Crippen molar-refractivity contribution in [1.82, 2.24) is 0 Å². The highest BCUT2D eigenvalue weighted by Crippen LogP contribution is 2.05. The molecule has 16 heavy (non-hydrogen) atoms. The molecule has 92 valence electrons. The van der Waals surface area contributed by atoms with E-state index in [2.05, 4.69) is 0 Å². The van der Waals surface area contributed by atoms with Crippen molar-refractivity contribution in [2.75, 3.05) is 0 Å². The molecule has 0 aliphatic carbocycles. The Morgan fingerprint density at radius 1 is 0.750 bits per heavy atom. The zero-order chi connectivity index (χ0) is 13.0. The molecule has 0 aromatic heterocycles. The van der Waals surface area contributed by atoms with Gasteiger partial charge in [0.1, 0.15) is 0 Å². The summed E-state index contributed by atoms with van der Waals surface area (Å²) in [7, 11) is -3.77. The van der Waals surface area contributed by atoms with E-state index < -0.39 is 28.6 Å². The summed E-state index contributed by atoms with van der Waals surface area (Å²) in [5, 5.41) is 0. The van der Waals surface area contributed by atoms with E-state index in [1.165, 1.54) is 0 Å². The Morgan fingerprint density at radius 3 is 1.19 bits per heavy atom. The Balaban J connectivity index is 4.20. The molecule has 0 saturated carbocycles. The monoisotopic (exact) mass is 260 g/mol. The smallest absolute Gasteiger partial charge is 0.317 e. The molecule has 0 unspecified atom stereocenters. The van der Waals surface area contributed by atoms with Gasteiger partial charge in [0.15, 0.2) is 0 Å². The predicted molar refractivity (Wildman–Crippen MR) is 68.0 cm³/mol. The van der Waals surface area contributed by atoms with Crippen LogP contribution in [0.3, 0.4) is 0 Å². The lowest BCUT2D eigenvalue weighted by molar-refractivity contribution is -0.132. The Labute approximate surface area is 98.9 Å². The van der Waals surface area contributed by atoms with Crippen LogP contribution in [-0.2, 0) is 18.4 Å². The van der Waals surface area contributed by atoms with Crippen LogP contribution in [0, 0.1) is 0 Å². The molecule has 0 amide bonds. The van der Waals surface area contributed by atoms with Crippen LogP contribution in [0.4, 0.5) is 0 Å². The van der Waals surface area contributed by atoms with E-state index in [0.717, 1.165) is 12.2 Å². The van der Waals surface area contributed by atoms with Gasteiger partial charge < -0.3 is 8.85 Å². The third-order valence-electron chi connectivity index (χ3n) is 1.17. The minimum Gasteiger partial charge on any atom is -0.517 e. The fraction of sp³-hybridized carbons (Fsp3) is 0.600. The first kappa shape index (κ1) is 15.1. The molecule has 0 saturated heterocycles. The molecule has 0 radical (unpaired) electrons. The molecule has 0 aliphatic rings. The highest BCUT2D eigenvalue weighted by atomic mass is 28.4. The zero-order valence-corrected chi connectivity index (χ0v) is 12.8. The summed E-state index contributed by atoms with van der Waals surface area (Å²) in [5.41, 5.74) is 0. The predicted octanol–water partition coefficient (Wildman–Crippen LogP) is 2.30. The largest absolute Gasteiger partial charge is 0.517 e. The van der Waals surface area contributed by atoms with E-state index in [9.17, 15) is 9.59 Å². The van der Waals surface area contributed by atoms with Gasteiger partial charge in [0.2, 0.25) is 16.6 Å². The lowest BCUT2D eigenvalue weighted by atomic mass is 10.5. The minimum atomic E-state index is -1.88. The van der Waals surface area contributed by atoms with Crippen LogP contribution in [0.2, 0.25) is 39.3 Å². The standard InChI is InChI=1S/C10H20O4Si2/c1-15(2,3)13-9(11)7-8-10(12)14-16(4,5)6/h7-8H,1-6H3/b8-7-. The molecule has 0 aromatic carbocycles. The number of rotatable bonds is 4. The normalized spacial score (nSPS) is 12.6. The second-order valence-corrected chi connectivity index (χ2v) is 14.3. The van der Waals surface area contributed by atoms with Gasteiger partial charge in [-0.2, -0.15) is 0 Å². The molecule has 0 aliphatic heterocycles. The topological polar surface area (TPSA) is 52.6 Å². The Kier molecular flexibility index (Phi) is 5.14. The molecule has 0 spiro atoms. The highest BCUT2D eigenvalue weighted by molar-refractivity contribution is 6.71. The summed E-state index contributed by atoms with van der Waals surface area (Å²) in [6, 6.07) is 0. The van der Waals surface area contributed by atoms with Crippen LogP contribution < -0.4 is 0 Å². The van der Waals surface area contributed by atoms with Gasteiger partial charge in [-0.15, -0.1) is 0 Å². The maximum absolute atomic E-state index is 11.3. The van der Waals surface area contributed by atoms with Gasteiger partial charge in [-0.05, 0) is 39.3 Å². The summed E-state index contributed by atoms with van der Waals surface area (Å²) < 4.78 is 10.3. The lowest BCUT2D eigenvalue weighted by Gasteiger charge is -2.16. The maximum atomic E-state index is 11.3. The van der Waals surface area contributed by atoms with Crippen molar-refractivity contribution in [3.8, 4) is 0 Å². The van der Waals surface area contributed by atoms with Gasteiger partial charge in [-0.3, -0.25) is 0 Å². The van der Waals surface area contributed by atoms with Crippen molar-refractivity contribution in [1.29, 1.82) is 0 Å². The molecule has 0 heterocycles. The average Bonchev–Trinajstić information content (AvgIpc) is 1.94. The number of hydrogen-bond acceptors (Lipinski definition) is 4. The van der Waals surface area contributed by atoms with Crippen molar-refractivity contribution in [2.24, 2.45) is 0 Å². The third kappa shape index (κ3) is 9.66. The third-order valence-corrected chi connectivity index (χ3v) is 2.80. The van der Waals surface area contributed by atoms with Gasteiger partial charge in [0, 0.05) is 12.2 Å². The SMILES string of the molecule is C[Si](C)(C)OC(=O)/C=C\C(=O)O[Si](C)(C)C. The van der Waals surface area contributed by atoms with Crippen LogP contribution >= 0.6 is 0 Å². The second kappa shape index (κ2) is 5.44. The van der Waals surface area contributed by atoms with Crippen molar-refractivity contribution < 1.29 is 18.4 Å². The molecular weight excluding hydrogens is 240 g/mol. The molecular formula is C10H20O4Si2. The van der Waals surface area contributed by atoms with Crippen molar-refractivity contribution in [3.63, 3.8) is 0 Å². The first-order chi connectivity index (χ1) is 6.99. The summed E-state index contributed by atoms with van der Waals surface area (Å²) >= 11 is 0. The quantitative estimate of drug-likeness (QED) is 0.575. The lowest BCUT2D eigenvalue weighted by Crippen LogP contribution is -2.29. The van der Waals surface area contributed by atoms with Gasteiger partial charge in [0.25, 0.3) is 0 Å². The van der Waals surface area contributed by atoms with Gasteiger partial charge in [0.05, 0.1) is 0 Å². The first-order valence-corrected chi connectivity index (χ1v) is 12.0.